The smallest absolute Gasteiger partial charge is 0.226 e. The lowest BCUT2D eigenvalue weighted by Gasteiger charge is -2.23. The fraction of sp³-hybridized carbons (Fsp3) is 0.417. The molecule has 18 heavy (non-hydrogen) atoms. The first-order valence-electron chi connectivity index (χ1n) is 5.72. The van der Waals surface area contributed by atoms with Gasteiger partial charge in [-0.2, -0.15) is 0 Å². The summed E-state index contributed by atoms with van der Waals surface area (Å²) < 4.78 is 6.00. The van der Waals surface area contributed by atoms with Gasteiger partial charge in [0.05, 0.1) is 28.4 Å². The number of ether oxygens (including phenoxy) is 1. The number of amides is 1. The Morgan fingerprint density at radius 2 is 2.44 bits per heavy atom. The Hall–Kier alpha value is -0.620. The number of carbonyl (C=O) groups is 1. The van der Waals surface area contributed by atoms with E-state index in [1.165, 1.54) is 0 Å². The van der Waals surface area contributed by atoms with Crippen molar-refractivity contribution in [2.45, 2.75) is 12.5 Å². The summed E-state index contributed by atoms with van der Waals surface area (Å²) in [5.74, 6) is -0.0547. The molecule has 1 aliphatic heterocycles. The fourth-order valence-electron chi connectivity index (χ4n) is 1.78. The van der Waals surface area contributed by atoms with Crippen molar-refractivity contribution >= 4 is 39.1 Å². The van der Waals surface area contributed by atoms with E-state index in [1.54, 1.807) is 18.2 Å². The molecule has 1 aliphatic rings. The van der Waals surface area contributed by atoms with E-state index in [0.29, 0.717) is 34.8 Å². The topological polar surface area (TPSA) is 50.4 Å². The summed E-state index contributed by atoms with van der Waals surface area (Å²) in [7, 11) is 0. The SMILES string of the molecule is O=C(CC1COCCN1)Nc1cccc(Cl)c1Br. The number of hydrogen-bond donors (Lipinski definition) is 2. The van der Waals surface area contributed by atoms with Crippen LogP contribution in [0.4, 0.5) is 5.69 Å². The highest BCUT2D eigenvalue weighted by atomic mass is 79.9. The quantitative estimate of drug-likeness (QED) is 0.893. The highest BCUT2D eigenvalue weighted by Crippen LogP contribution is 2.30. The lowest BCUT2D eigenvalue weighted by atomic mass is 10.2. The van der Waals surface area contributed by atoms with Crippen LogP contribution in [0.5, 0.6) is 0 Å². The first kappa shape index (κ1) is 13.8. The van der Waals surface area contributed by atoms with Crippen LogP contribution in [0.25, 0.3) is 0 Å². The van der Waals surface area contributed by atoms with Crippen molar-refractivity contribution in [3.63, 3.8) is 0 Å². The zero-order valence-electron chi connectivity index (χ0n) is 9.71. The van der Waals surface area contributed by atoms with Gasteiger partial charge in [-0.3, -0.25) is 4.79 Å². The Morgan fingerprint density at radius 3 is 3.17 bits per heavy atom. The summed E-state index contributed by atoms with van der Waals surface area (Å²) in [6, 6.07) is 5.44. The number of morpholine rings is 1. The van der Waals surface area contributed by atoms with Gasteiger partial charge in [-0.05, 0) is 28.1 Å². The molecule has 1 atom stereocenters. The zero-order valence-corrected chi connectivity index (χ0v) is 12.1. The molecule has 1 heterocycles. The van der Waals surface area contributed by atoms with Gasteiger partial charge in [-0.15, -0.1) is 0 Å². The molecule has 0 bridgehead atoms. The minimum atomic E-state index is -0.0547. The summed E-state index contributed by atoms with van der Waals surface area (Å²) in [4.78, 5) is 11.9. The molecule has 1 fully saturated rings. The number of nitrogens with one attached hydrogen (secondary N) is 2. The van der Waals surface area contributed by atoms with Gasteiger partial charge in [-0.25, -0.2) is 0 Å². The van der Waals surface area contributed by atoms with Crippen molar-refractivity contribution in [1.29, 1.82) is 0 Å². The third-order valence-corrected chi connectivity index (χ3v) is 4.05. The predicted molar refractivity (Wildman–Crippen MR) is 75.0 cm³/mol. The van der Waals surface area contributed by atoms with Crippen LogP contribution >= 0.6 is 27.5 Å². The molecule has 1 saturated heterocycles. The number of rotatable bonds is 3. The molecule has 1 aromatic carbocycles. The Kier molecular flexibility index (Phi) is 5.00. The fourth-order valence-corrected chi connectivity index (χ4v) is 2.31. The minimum Gasteiger partial charge on any atom is -0.378 e. The van der Waals surface area contributed by atoms with E-state index in [9.17, 15) is 4.79 Å². The van der Waals surface area contributed by atoms with Gasteiger partial charge < -0.3 is 15.4 Å². The molecule has 1 unspecified atom stereocenters. The summed E-state index contributed by atoms with van der Waals surface area (Å²) in [6.07, 6.45) is 0.388. The van der Waals surface area contributed by atoms with E-state index >= 15 is 0 Å². The van der Waals surface area contributed by atoms with Crippen LogP contribution in [0.15, 0.2) is 22.7 Å². The largest absolute Gasteiger partial charge is 0.378 e. The van der Waals surface area contributed by atoms with Crippen molar-refractivity contribution in [3.05, 3.63) is 27.7 Å². The van der Waals surface area contributed by atoms with Gasteiger partial charge in [0.1, 0.15) is 0 Å². The van der Waals surface area contributed by atoms with Gasteiger partial charge in [0.25, 0.3) is 0 Å². The predicted octanol–water partition coefficient (Wildman–Crippen LogP) is 2.42. The van der Waals surface area contributed by atoms with E-state index in [-0.39, 0.29) is 11.9 Å². The van der Waals surface area contributed by atoms with Gasteiger partial charge in [0.2, 0.25) is 5.91 Å². The van der Waals surface area contributed by atoms with E-state index in [0.717, 1.165) is 6.54 Å². The second-order valence-electron chi connectivity index (χ2n) is 4.08. The molecule has 1 aromatic rings. The average Bonchev–Trinajstić information content (AvgIpc) is 2.36. The maximum atomic E-state index is 11.9. The molecule has 0 aliphatic carbocycles. The second kappa shape index (κ2) is 6.52. The molecule has 0 aromatic heterocycles. The second-order valence-corrected chi connectivity index (χ2v) is 5.28. The molecule has 0 saturated carbocycles. The lowest BCUT2D eigenvalue weighted by Crippen LogP contribution is -2.43. The van der Waals surface area contributed by atoms with Crippen LogP contribution in [0, 0.1) is 0 Å². The van der Waals surface area contributed by atoms with E-state index in [4.69, 9.17) is 16.3 Å². The van der Waals surface area contributed by atoms with Crippen LogP contribution < -0.4 is 10.6 Å². The first-order valence-corrected chi connectivity index (χ1v) is 6.89. The Bertz CT molecular complexity index is 436. The zero-order chi connectivity index (χ0) is 13.0. The molecule has 98 valence electrons. The van der Waals surface area contributed by atoms with Crippen LogP contribution in [0.1, 0.15) is 6.42 Å². The number of halogens is 2. The number of anilines is 1. The van der Waals surface area contributed by atoms with Gasteiger partial charge in [0.15, 0.2) is 0 Å². The molecule has 6 heteroatoms. The number of hydrogen-bond acceptors (Lipinski definition) is 3. The van der Waals surface area contributed by atoms with Gasteiger partial charge in [0, 0.05) is 19.0 Å². The molecule has 2 rings (SSSR count). The Balaban J connectivity index is 1.92. The maximum Gasteiger partial charge on any atom is 0.226 e. The minimum absolute atomic E-state index is 0.0547. The summed E-state index contributed by atoms with van der Waals surface area (Å²) >= 11 is 9.31. The van der Waals surface area contributed by atoms with Crippen molar-refractivity contribution < 1.29 is 9.53 Å². The molecule has 1 amide bonds. The highest BCUT2D eigenvalue weighted by Gasteiger charge is 2.17. The van der Waals surface area contributed by atoms with Gasteiger partial charge >= 0.3 is 0 Å². The Labute approximate surface area is 119 Å². The Morgan fingerprint density at radius 1 is 1.61 bits per heavy atom. The van der Waals surface area contributed by atoms with Crippen LogP contribution in [-0.4, -0.2) is 31.7 Å². The molecular formula is C12H14BrClN2O2. The van der Waals surface area contributed by atoms with Crippen molar-refractivity contribution in [2.24, 2.45) is 0 Å². The van der Waals surface area contributed by atoms with Crippen molar-refractivity contribution in [2.75, 3.05) is 25.1 Å². The standard InChI is InChI=1S/C12H14BrClN2O2/c13-12-9(14)2-1-3-10(12)16-11(17)6-8-7-18-5-4-15-8/h1-3,8,15H,4-7H2,(H,16,17). The third kappa shape index (κ3) is 3.68. The average molecular weight is 334 g/mol. The van der Waals surface area contributed by atoms with E-state index < -0.39 is 0 Å². The van der Waals surface area contributed by atoms with E-state index in [2.05, 4.69) is 26.6 Å². The molecule has 0 spiro atoms. The van der Waals surface area contributed by atoms with E-state index in [1.807, 2.05) is 0 Å². The number of carbonyl (C=O) groups excluding carboxylic acids is 1. The number of benzene rings is 1. The summed E-state index contributed by atoms with van der Waals surface area (Å²) in [5, 5.41) is 6.65. The molecule has 2 N–H and O–H groups in total. The summed E-state index contributed by atoms with van der Waals surface area (Å²) in [5.41, 5.74) is 0.684. The van der Waals surface area contributed by atoms with Crippen molar-refractivity contribution in [3.8, 4) is 0 Å². The normalized spacial score (nSPS) is 19.6. The molecule has 4 nitrogen and oxygen atoms in total. The van der Waals surface area contributed by atoms with Crippen LogP contribution in [-0.2, 0) is 9.53 Å². The van der Waals surface area contributed by atoms with Crippen molar-refractivity contribution in [1.82, 2.24) is 5.32 Å². The monoisotopic (exact) mass is 332 g/mol. The maximum absolute atomic E-state index is 11.9. The molecular weight excluding hydrogens is 320 g/mol. The summed E-state index contributed by atoms with van der Waals surface area (Å²) in [6.45, 7) is 2.07. The van der Waals surface area contributed by atoms with Crippen LogP contribution in [0.3, 0.4) is 0 Å². The molecule has 0 radical (unpaired) electrons. The first-order chi connectivity index (χ1) is 8.66. The third-order valence-electron chi connectivity index (χ3n) is 2.66. The van der Waals surface area contributed by atoms with Crippen LogP contribution in [0.2, 0.25) is 5.02 Å². The lowest BCUT2D eigenvalue weighted by molar-refractivity contribution is -0.117. The highest BCUT2D eigenvalue weighted by molar-refractivity contribution is 9.10. The van der Waals surface area contributed by atoms with Gasteiger partial charge in [-0.1, -0.05) is 17.7 Å².